The van der Waals surface area contributed by atoms with Crippen molar-refractivity contribution in [3.05, 3.63) is 29.8 Å². The van der Waals surface area contributed by atoms with Gasteiger partial charge >= 0.3 is 0 Å². The van der Waals surface area contributed by atoms with Crippen LogP contribution in [0.5, 0.6) is 0 Å². The van der Waals surface area contributed by atoms with Crippen molar-refractivity contribution in [1.82, 2.24) is 9.62 Å². The fraction of sp³-hybridized carbons (Fsp3) is 0.696. The van der Waals surface area contributed by atoms with Crippen molar-refractivity contribution < 1.29 is 13.2 Å². The zero-order valence-corrected chi connectivity index (χ0v) is 17.9. The molecule has 1 saturated heterocycles. The Bertz CT molecular complexity index is 837. The first-order chi connectivity index (χ1) is 13.9. The number of hydrogen-bond donors (Lipinski definition) is 1. The highest BCUT2D eigenvalue weighted by Crippen LogP contribution is 2.61. The summed E-state index contributed by atoms with van der Waals surface area (Å²) in [5, 5.41) is 3.09. The summed E-state index contributed by atoms with van der Waals surface area (Å²) >= 11 is 0. The molecule has 6 heteroatoms. The lowest BCUT2D eigenvalue weighted by molar-refractivity contribution is -0.129. The van der Waals surface area contributed by atoms with E-state index in [0.717, 1.165) is 36.2 Å². The lowest BCUT2D eigenvalue weighted by Crippen LogP contribution is -2.47. The van der Waals surface area contributed by atoms with Crippen molar-refractivity contribution in [1.29, 1.82) is 0 Å². The normalized spacial score (nSPS) is 33.9. The largest absolute Gasteiger partial charge is 0.352 e. The molecule has 4 bridgehead atoms. The van der Waals surface area contributed by atoms with Crippen LogP contribution in [0.15, 0.2) is 29.2 Å². The van der Waals surface area contributed by atoms with E-state index in [1.54, 1.807) is 16.4 Å². The summed E-state index contributed by atoms with van der Waals surface area (Å²) in [5.41, 5.74) is 1.20. The van der Waals surface area contributed by atoms with Crippen LogP contribution < -0.4 is 5.32 Å². The maximum absolute atomic E-state index is 12.7. The van der Waals surface area contributed by atoms with Gasteiger partial charge in [-0.1, -0.05) is 12.1 Å². The Morgan fingerprint density at radius 2 is 1.52 bits per heavy atom. The SMILES string of the molecule is O=C(CC12CC3CC(CC(C3)C1)C2)NCc1ccc(S(=O)(=O)N2CCCC2)cc1. The molecule has 5 fully saturated rings. The molecular weight excluding hydrogens is 384 g/mol. The van der Waals surface area contributed by atoms with E-state index in [0.29, 0.717) is 31.0 Å². The predicted molar refractivity (Wildman–Crippen MR) is 112 cm³/mol. The molecule has 1 aliphatic heterocycles. The number of carbonyl (C=O) groups is 1. The Morgan fingerprint density at radius 3 is 2.07 bits per heavy atom. The first-order valence-electron chi connectivity index (χ1n) is 11.3. The van der Waals surface area contributed by atoms with Gasteiger partial charge in [0.1, 0.15) is 0 Å². The Hall–Kier alpha value is -1.40. The summed E-state index contributed by atoms with van der Waals surface area (Å²) in [6.07, 6.45) is 10.5. The first-order valence-corrected chi connectivity index (χ1v) is 12.7. The second-order valence-electron chi connectivity index (χ2n) is 10.1. The zero-order valence-electron chi connectivity index (χ0n) is 17.1. The molecule has 1 amide bonds. The molecule has 5 aliphatic rings. The van der Waals surface area contributed by atoms with E-state index in [4.69, 9.17) is 0 Å². The van der Waals surface area contributed by atoms with Crippen molar-refractivity contribution in [2.75, 3.05) is 13.1 Å². The highest BCUT2D eigenvalue weighted by molar-refractivity contribution is 7.89. The molecule has 158 valence electrons. The number of benzene rings is 1. The van der Waals surface area contributed by atoms with Crippen molar-refractivity contribution in [3.63, 3.8) is 0 Å². The van der Waals surface area contributed by atoms with E-state index in [1.807, 2.05) is 12.1 Å². The van der Waals surface area contributed by atoms with Gasteiger partial charge < -0.3 is 5.32 Å². The van der Waals surface area contributed by atoms with Crippen molar-refractivity contribution in [2.45, 2.75) is 69.2 Å². The number of carbonyl (C=O) groups excluding carboxylic acids is 1. The molecule has 4 aliphatic carbocycles. The summed E-state index contributed by atoms with van der Waals surface area (Å²) in [7, 11) is -3.37. The van der Waals surface area contributed by atoms with Crippen molar-refractivity contribution >= 4 is 15.9 Å². The number of sulfonamides is 1. The Morgan fingerprint density at radius 1 is 0.966 bits per heavy atom. The van der Waals surface area contributed by atoms with E-state index in [2.05, 4.69) is 5.32 Å². The summed E-state index contributed by atoms with van der Waals surface area (Å²) in [4.78, 5) is 13.0. The fourth-order valence-corrected chi connectivity index (χ4v) is 8.48. The summed E-state index contributed by atoms with van der Waals surface area (Å²) in [6, 6.07) is 7.00. The van der Waals surface area contributed by atoms with E-state index < -0.39 is 10.0 Å². The van der Waals surface area contributed by atoms with Crippen LogP contribution in [-0.4, -0.2) is 31.7 Å². The summed E-state index contributed by atoms with van der Waals surface area (Å²) in [6.45, 7) is 1.70. The van der Waals surface area contributed by atoms with E-state index in [9.17, 15) is 13.2 Å². The van der Waals surface area contributed by atoms with Crippen LogP contribution in [0.4, 0.5) is 0 Å². The average Bonchev–Trinajstić information content (AvgIpc) is 3.21. The van der Waals surface area contributed by atoms with Crippen LogP contribution in [0.1, 0.15) is 63.4 Å². The zero-order chi connectivity index (χ0) is 20.1. The summed E-state index contributed by atoms with van der Waals surface area (Å²) < 4.78 is 26.8. The van der Waals surface area contributed by atoms with Gasteiger partial charge in [-0.3, -0.25) is 4.79 Å². The van der Waals surface area contributed by atoms with E-state index >= 15 is 0 Å². The monoisotopic (exact) mass is 416 g/mol. The third kappa shape index (κ3) is 3.86. The molecule has 1 N–H and O–H groups in total. The van der Waals surface area contributed by atoms with E-state index in [1.165, 1.54) is 38.5 Å². The highest BCUT2D eigenvalue weighted by atomic mass is 32.2. The molecular formula is C23H32N2O3S. The van der Waals surface area contributed by atoms with Crippen LogP contribution in [0.25, 0.3) is 0 Å². The van der Waals surface area contributed by atoms with Gasteiger partial charge in [0, 0.05) is 26.1 Å². The van der Waals surface area contributed by atoms with E-state index in [-0.39, 0.29) is 11.3 Å². The fourth-order valence-electron chi connectivity index (χ4n) is 6.97. The third-order valence-corrected chi connectivity index (χ3v) is 9.73. The second-order valence-corrected chi connectivity index (χ2v) is 12.1. The van der Waals surface area contributed by atoms with Crippen LogP contribution in [-0.2, 0) is 21.4 Å². The van der Waals surface area contributed by atoms with Gasteiger partial charge in [-0.25, -0.2) is 8.42 Å². The molecule has 1 aromatic rings. The Labute approximate surface area is 174 Å². The molecule has 0 spiro atoms. The molecule has 0 unspecified atom stereocenters. The highest BCUT2D eigenvalue weighted by Gasteiger charge is 2.51. The summed E-state index contributed by atoms with van der Waals surface area (Å²) in [5.74, 6) is 2.73. The van der Waals surface area contributed by atoms with Gasteiger partial charge in [0.05, 0.1) is 4.90 Å². The molecule has 4 saturated carbocycles. The minimum absolute atomic E-state index is 0.153. The van der Waals surface area contributed by atoms with Crippen LogP contribution in [0, 0.1) is 23.2 Å². The smallest absolute Gasteiger partial charge is 0.243 e. The molecule has 1 heterocycles. The maximum Gasteiger partial charge on any atom is 0.243 e. The van der Waals surface area contributed by atoms with Crippen LogP contribution >= 0.6 is 0 Å². The number of nitrogens with zero attached hydrogens (tertiary/aromatic N) is 1. The molecule has 6 rings (SSSR count). The first kappa shape index (κ1) is 19.6. The molecule has 1 aromatic carbocycles. The quantitative estimate of drug-likeness (QED) is 0.769. The van der Waals surface area contributed by atoms with Gasteiger partial charge in [0.15, 0.2) is 0 Å². The lowest BCUT2D eigenvalue weighted by atomic mass is 9.49. The van der Waals surface area contributed by atoms with Gasteiger partial charge in [-0.05, 0) is 92.2 Å². The predicted octanol–water partition coefficient (Wildman–Crippen LogP) is 3.69. The van der Waals surface area contributed by atoms with Gasteiger partial charge in [-0.2, -0.15) is 4.31 Å². The molecule has 0 aromatic heterocycles. The minimum atomic E-state index is -3.37. The van der Waals surface area contributed by atoms with Crippen LogP contribution in [0.3, 0.4) is 0 Å². The van der Waals surface area contributed by atoms with Gasteiger partial charge in [0.2, 0.25) is 15.9 Å². The number of hydrogen-bond acceptors (Lipinski definition) is 3. The molecule has 29 heavy (non-hydrogen) atoms. The second kappa shape index (κ2) is 7.38. The Balaban J connectivity index is 1.17. The molecule has 0 radical (unpaired) electrons. The third-order valence-electron chi connectivity index (χ3n) is 7.82. The lowest BCUT2D eigenvalue weighted by Gasteiger charge is -2.56. The topological polar surface area (TPSA) is 66.5 Å². The molecule has 5 nitrogen and oxygen atoms in total. The maximum atomic E-state index is 12.7. The minimum Gasteiger partial charge on any atom is -0.352 e. The van der Waals surface area contributed by atoms with Gasteiger partial charge in [-0.15, -0.1) is 0 Å². The number of rotatable bonds is 6. The number of nitrogens with one attached hydrogen (secondary N) is 1. The standard InChI is InChI=1S/C23H32N2O3S/c26-22(15-23-12-18-9-19(13-23)11-20(10-18)14-23)24-16-17-3-5-21(6-4-17)29(27,28)25-7-1-2-8-25/h3-6,18-20H,1-2,7-16H2,(H,24,26). The van der Waals surface area contributed by atoms with Gasteiger partial charge in [0.25, 0.3) is 0 Å². The van der Waals surface area contributed by atoms with Crippen molar-refractivity contribution in [2.24, 2.45) is 23.2 Å². The average molecular weight is 417 g/mol. The number of amides is 1. The Kier molecular flexibility index (Phi) is 4.98. The van der Waals surface area contributed by atoms with Crippen LogP contribution in [0.2, 0.25) is 0 Å². The van der Waals surface area contributed by atoms with Crippen molar-refractivity contribution in [3.8, 4) is 0 Å². The molecule has 0 atom stereocenters.